The van der Waals surface area contributed by atoms with Crippen LogP contribution in [0.2, 0.25) is 10.2 Å². The van der Waals surface area contributed by atoms with E-state index in [1.165, 1.54) is 50.4 Å². The largest absolute Gasteiger partial charge is 0.265 e. The van der Waals surface area contributed by atoms with Crippen LogP contribution in [0, 0.1) is 88.3 Å². The molecule has 0 saturated heterocycles. The molecule has 0 spiro atoms. The summed E-state index contributed by atoms with van der Waals surface area (Å²) in [6, 6.07) is 37.3. The summed E-state index contributed by atoms with van der Waals surface area (Å²) >= 11 is 22.0. The summed E-state index contributed by atoms with van der Waals surface area (Å²) in [6.07, 6.45) is 20.6. The van der Waals surface area contributed by atoms with Crippen molar-refractivity contribution in [3.05, 3.63) is 290 Å². The zero-order valence-corrected chi connectivity index (χ0v) is 54.0. The molecule has 0 amide bonds. The lowest BCUT2D eigenvalue weighted by Crippen LogP contribution is -1.79. The molecule has 0 aliphatic rings. The second-order valence-electron chi connectivity index (χ2n) is 16.2. The van der Waals surface area contributed by atoms with Gasteiger partial charge in [-0.15, -0.1) is 0 Å². The molecule has 0 saturated carbocycles. The number of halogens is 8. The molecule has 10 aromatic rings. The third-order valence-corrected chi connectivity index (χ3v) is 11.3. The highest BCUT2D eigenvalue weighted by atomic mass is 127. The summed E-state index contributed by atoms with van der Waals surface area (Å²) in [5.41, 5.74) is 10.9. The predicted molar refractivity (Wildman–Crippen MR) is 341 cm³/mol. The molecule has 0 aromatic carbocycles. The Morgan fingerprint density at radius 1 is 0.372 bits per heavy atom. The Morgan fingerprint density at radius 2 is 0.872 bits per heavy atom. The highest BCUT2D eigenvalue weighted by Gasteiger charge is 1.89. The molecule has 0 unspecified atom stereocenters. The smallest absolute Gasteiger partial charge is 0.212 e. The molecule has 78 heavy (non-hydrogen) atoms. The van der Waals surface area contributed by atoms with E-state index in [0.717, 1.165) is 46.7 Å². The maximum atomic E-state index is 12.0. The van der Waals surface area contributed by atoms with Gasteiger partial charge in [0.15, 0.2) is 0 Å². The van der Waals surface area contributed by atoms with Crippen molar-refractivity contribution >= 4 is 100 Å². The molecule has 10 rings (SSSR count). The van der Waals surface area contributed by atoms with Crippen molar-refractivity contribution in [2.75, 3.05) is 0 Å². The van der Waals surface area contributed by atoms with Crippen LogP contribution < -0.4 is 0 Å². The fraction of sp³-hybridized carbons (Fsp3) is 0.167. The molecule has 0 bridgehead atoms. The van der Waals surface area contributed by atoms with E-state index in [9.17, 15) is 8.78 Å². The SMILES string of the molecule is Cc1ccc(Br)cn1.Cc1ccc(Br)nc1.Cc1ccc(Cl)cn1.Cc1ccc(Cl)nc1.Cc1ccc(F)cn1.Cc1ccc(F)nc1.Cc1ccc(I)cn1.Cc1ccc(I)nc1.Cc1cccnc1.Cc1ccncc1. The minimum atomic E-state index is -0.421. The second kappa shape index (κ2) is 43.3. The van der Waals surface area contributed by atoms with E-state index in [0.29, 0.717) is 10.2 Å². The van der Waals surface area contributed by atoms with Crippen molar-refractivity contribution in [3.63, 3.8) is 0 Å². The summed E-state index contributed by atoms with van der Waals surface area (Å²) in [6.45, 7) is 19.6. The molecule has 10 aromatic heterocycles. The number of aryl methyl sites for hydroxylation is 10. The molecular formula is C60H62Br2Cl2F2I2N10. The molecule has 10 heterocycles. The van der Waals surface area contributed by atoms with Gasteiger partial charge in [0.05, 0.1) is 11.2 Å². The van der Waals surface area contributed by atoms with Crippen molar-refractivity contribution < 1.29 is 8.78 Å². The summed E-state index contributed by atoms with van der Waals surface area (Å²) in [5, 5.41) is 1.24. The Hall–Kier alpha value is -5.64. The van der Waals surface area contributed by atoms with E-state index in [4.69, 9.17) is 23.2 Å². The molecule has 0 aliphatic heterocycles. The lowest BCUT2D eigenvalue weighted by molar-refractivity contribution is 0.583. The topological polar surface area (TPSA) is 129 Å². The first-order chi connectivity index (χ1) is 37.1. The summed E-state index contributed by atoms with van der Waals surface area (Å²) in [7, 11) is 0. The Kier molecular flexibility index (Phi) is 39.0. The quantitative estimate of drug-likeness (QED) is 0.107. The van der Waals surface area contributed by atoms with Gasteiger partial charge in [-0.3, -0.25) is 34.9 Å². The number of aromatic nitrogens is 10. The number of hydrogen-bond donors (Lipinski definition) is 0. The number of pyridine rings is 10. The van der Waals surface area contributed by atoms with Crippen LogP contribution in [0.3, 0.4) is 0 Å². The van der Waals surface area contributed by atoms with Crippen LogP contribution >= 0.6 is 100 Å². The third-order valence-electron chi connectivity index (χ3n) is 8.66. The molecule has 0 N–H and O–H groups in total. The second-order valence-corrected chi connectivity index (χ2v) is 21.1. The Morgan fingerprint density at radius 3 is 1.15 bits per heavy atom. The van der Waals surface area contributed by atoms with Crippen molar-refractivity contribution in [2.24, 2.45) is 0 Å². The molecule has 408 valence electrons. The zero-order valence-electron chi connectivity index (χ0n) is 45.0. The van der Waals surface area contributed by atoms with Gasteiger partial charge in [0.2, 0.25) is 5.95 Å². The lowest BCUT2D eigenvalue weighted by atomic mass is 10.3. The normalized spacial score (nSPS) is 9.15. The van der Waals surface area contributed by atoms with Gasteiger partial charge in [-0.1, -0.05) is 53.5 Å². The number of nitrogens with zero attached hydrogens (tertiary/aromatic N) is 10. The molecule has 0 radical (unpaired) electrons. The van der Waals surface area contributed by atoms with Crippen molar-refractivity contribution in [1.29, 1.82) is 0 Å². The molecule has 18 heteroatoms. The minimum absolute atomic E-state index is 0.282. The van der Waals surface area contributed by atoms with Gasteiger partial charge in [-0.2, -0.15) is 4.39 Å². The maximum absolute atomic E-state index is 12.0. The summed E-state index contributed by atoms with van der Waals surface area (Å²) in [5.74, 6) is -0.703. The maximum Gasteiger partial charge on any atom is 0.212 e. The first kappa shape index (κ1) is 70.4. The lowest BCUT2D eigenvalue weighted by Gasteiger charge is -1.87. The van der Waals surface area contributed by atoms with E-state index in [1.807, 2.05) is 179 Å². The molecule has 10 nitrogen and oxygen atoms in total. The van der Waals surface area contributed by atoms with Gasteiger partial charge in [-0.25, -0.2) is 19.3 Å². The predicted octanol–water partition coefficient (Wildman–Crippen LogP) is 18.2. The van der Waals surface area contributed by atoms with Gasteiger partial charge < -0.3 is 0 Å². The van der Waals surface area contributed by atoms with Crippen LogP contribution in [0.4, 0.5) is 8.78 Å². The first-order valence-electron chi connectivity index (χ1n) is 23.5. The molecule has 0 atom stereocenters. The summed E-state index contributed by atoms with van der Waals surface area (Å²) in [4.78, 5) is 38.8. The van der Waals surface area contributed by atoms with Gasteiger partial charge in [-0.05, 0) is 271 Å². The van der Waals surface area contributed by atoms with E-state index in [1.54, 1.807) is 55.4 Å². The average molecular weight is 1450 g/mol. The monoisotopic (exact) mass is 1440 g/mol. The average Bonchev–Trinajstić information content (AvgIpc) is 3.43. The van der Waals surface area contributed by atoms with E-state index in [-0.39, 0.29) is 5.82 Å². The fourth-order valence-electron chi connectivity index (χ4n) is 4.47. The minimum Gasteiger partial charge on any atom is -0.265 e. The number of rotatable bonds is 0. The van der Waals surface area contributed by atoms with E-state index >= 15 is 0 Å². The zero-order chi connectivity index (χ0) is 58.1. The fourth-order valence-corrected chi connectivity index (χ4v) is 5.80. The van der Waals surface area contributed by atoms with Crippen molar-refractivity contribution in [1.82, 2.24) is 49.8 Å². The molecule has 0 aliphatic carbocycles. The number of hydrogen-bond acceptors (Lipinski definition) is 10. The van der Waals surface area contributed by atoms with Crippen LogP contribution in [0.1, 0.15) is 56.2 Å². The van der Waals surface area contributed by atoms with Crippen LogP contribution in [-0.4, -0.2) is 49.8 Å². The third kappa shape index (κ3) is 41.5. The van der Waals surface area contributed by atoms with Crippen molar-refractivity contribution in [3.8, 4) is 0 Å². The van der Waals surface area contributed by atoms with Crippen LogP contribution in [0.15, 0.2) is 205 Å². The van der Waals surface area contributed by atoms with E-state index < -0.39 is 5.95 Å². The van der Waals surface area contributed by atoms with Gasteiger partial charge in [0.1, 0.15) is 19.3 Å². The highest BCUT2D eigenvalue weighted by molar-refractivity contribution is 14.1. The first-order valence-corrected chi connectivity index (χ1v) is 28.0. The van der Waals surface area contributed by atoms with Crippen LogP contribution in [0.25, 0.3) is 0 Å². The van der Waals surface area contributed by atoms with Gasteiger partial charge >= 0.3 is 0 Å². The van der Waals surface area contributed by atoms with Crippen molar-refractivity contribution in [2.45, 2.75) is 69.2 Å². The van der Waals surface area contributed by atoms with Gasteiger partial charge in [0, 0.05) is 99.0 Å². The summed E-state index contributed by atoms with van der Waals surface area (Å²) < 4.78 is 28.2. The molecule has 0 fully saturated rings. The molecular weight excluding hydrogens is 1380 g/mol. The Labute approximate surface area is 513 Å². The van der Waals surface area contributed by atoms with Crippen LogP contribution in [0.5, 0.6) is 0 Å². The van der Waals surface area contributed by atoms with E-state index in [2.05, 4.69) is 133 Å². The Bertz CT molecular complexity index is 2310. The Balaban J connectivity index is 0.000000433. The highest BCUT2D eigenvalue weighted by Crippen LogP contribution is 2.08. The standard InChI is InChI=1S/2C6H6BrN.2C6H6ClN.2C6H6FN.2C6H6IN.2C6H7N/c1-5-2-3-6(7)4-8-5;1-5-2-3-6(7)8-4-5;1-5-2-3-6(7)4-8-5;1-5-2-3-6(7)8-4-5;1-5-2-3-6(7)4-8-5;1-5-2-3-6(7)8-4-5;1-5-2-3-6(7)4-8-5;1-5-2-3-6(7)8-4-5;1-6-2-4-7-5-3-6;1-6-3-2-4-7-5-6/h8*2-4H,1H3;2*2-5H,1H3. The van der Waals surface area contributed by atoms with Gasteiger partial charge in [0.25, 0.3) is 0 Å². The van der Waals surface area contributed by atoms with Crippen LogP contribution in [-0.2, 0) is 0 Å².